The van der Waals surface area contributed by atoms with Gasteiger partial charge in [-0.3, -0.25) is 0 Å². The third-order valence-corrected chi connectivity index (χ3v) is 4.11. The molecule has 1 aromatic carbocycles. The number of piperidine rings is 1. The Bertz CT molecular complexity index is 422. The lowest BCUT2D eigenvalue weighted by Gasteiger charge is -2.34. The predicted molar refractivity (Wildman–Crippen MR) is 74.8 cm³/mol. The van der Waals surface area contributed by atoms with Crippen molar-refractivity contribution in [1.82, 2.24) is 5.32 Å². The average Bonchev–Trinajstić information content (AvgIpc) is 2.38. The highest BCUT2D eigenvalue weighted by Gasteiger charge is 2.45. The van der Waals surface area contributed by atoms with Gasteiger partial charge in [0.15, 0.2) is 0 Å². The summed E-state index contributed by atoms with van der Waals surface area (Å²) in [6.07, 6.45) is -2.81. The Hall–Kier alpha value is -1.03. The van der Waals surface area contributed by atoms with E-state index in [9.17, 15) is 13.2 Å². The average molecular weight is 285 g/mol. The molecule has 1 fully saturated rings. The molecular formula is C16H22F3N. The number of alkyl halides is 3. The van der Waals surface area contributed by atoms with Gasteiger partial charge in [-0.15, -0.1) is 0 Å². The van der Waals surface area contributed by atoms with Crippen molar-refractivity contribution in [3.63, 3.8) is 0 Å². The fourth-order valence-electron chi connectivity index (χ4n) is 2.85. The van der Waals surface area contributed by atoms with Gasteiger partial charge in [0.1, 0.15) is 0 Å². The van der Waals surface area contributed by atoms with Gasteiger partial charge in [0, 0.05) is 6.04 Å². The van der Waals surface area contributed by atoms with Gasteiger partial charge in [0.05, 0.1) is 5.92 Å². The largest absolute Gasteiger partial charge is 0.393 e. The summed E-state index contributed by atoms with van der Waals surface area (Å²) in [4.78, 5) is 0. The van der Waals surface area contributed by atoms with Crippen LogP contribution < -0.4 is 5.32 Å². The number of nitrogens with one attached hydrogen (secondary N) is 1. The molecule has 0 radical (unpaired) electrons. The Kier molecular flexibility index (Phi) is 4.74. The predicted octanol–water partition coefficient (Wildman–Crippen LogP) is 4.28. The zero-order valence-electron chi connectivity index (χ0n) is 12.0. The van der Waals surface area contributed by atoms with Gasteiger partial charge in [-0.2, -0.15) is 13.2 Å². The highest BCUT2D eigenvalue weighted by Crippen LogP contribution is 2.35. The molecule has 1 nitrogen and oxygen atoms in total. The topological polar surface area (TPSA) is 12.0 Å². The van der Waals surface area contributed by atoms with Crippen LogP contribution in [0.1, 0.15) is 43.7 Å². The van der Waals surface area contributed by atoms with Gasteiger partial charge in [-0.05, 0) is 42.9 Å². The van der Waals surface area contributed by atoms with Crippen LogP contribution in [0.25, 0.3) is 0 Å². The summed E-state index contributed by atoms with van der Waals surface area (Å²) in [6, 6.07) is 7.46. The smallest absolute Gasteiger partial charge is 0.313 e. The molecule has 0 amide bonds. The second-order valence-corrected chi connectivity index (χ2v) is 5.95. The van der Waals surface area contributed by atoms with Crippen molar-refractivity contribution in [1.29, 1.82) is 0 Å². The Balaban J connectivity index is 2.07. The molecule has 2 unspecified atom stereocenters. The molecule has 0 bridgehead atoms. The number of hydrogen-bond donors (Lipinski definition) is 1. The minimum atomic E-state index is -4.10. The zero-order valence-corrected chi connectivity index (χ0v) is 12.0. The van der Waals surface area contributed by atoms with E-state index < -0.39 is 18.1 Å². The highest BCUT2D eigenvalue weighted by atomic mass is 19.4. The van der Waals surface area contributed by atoms with Crippen molar-refractivity contribution < 1.29 is 13.2 Å². The maximum atomic E-state index is 13.0. The van der Waals surface area contributed by atoms with E-state index in [2.05, 4.69) is 19.2 Å². The first kappa shape index (κ1) is 15.4. The molecule has 1 aliphatic heterocycles. The summed E-state index contributed by atoms with van der Waals surface area (Å²) < 4.78 is 39.1. The van der Waals surface area contributed by atoms with E-state index in [1.807, 2.05) is 24.3 Å². The van der Waals surface area contributed by atoms with Crippen molar-refractivity contribution in [2.45, 2.75) is 51.2 Å². The van der Waals surface area contributed by atoms with Gasteiger partial charge in [-0.25, -0.2) is 0 Å². The molecule has 1 aromatic rings. The summed E-state index contributed by atoms with van der Waals surface area (Å²) in [5, 5.41) is 3.04. The van der Waals surface area contributed by atoms with Crippen molar-refractivity contribution in [3.8, 4) is 0 Å². The Morgan fingerprint density at radius 2 is 1.85 bits per heavy atom. The van der Waals surface area contributed by atoms with E-state index in [1.165, 1.54) is 5.56 Å². The van der Waals surface area contributed by atoms with Crippen LogP contribution in [0.3, 0.4) is 0 Å². The van der Waals surface area contributed by atoms with Crippen LogP contribution in [-0.2, 0) is 6.42 Å². The second kappa shape index (κ2) is 6.17. The van der Waals surface area contributed by atoms with Gasteiger partial charge >= 0.3 is 6.18 Å². The molecule has 20 heavy (non-hydrogen) atoms. The summed E-state index contributed by atoms with van der Waals surface area (Å²) in [5.74, 6) is -0.777. The van der Waals surface area contributed by atoms with E-state index >= 15 is 0 Å². The quantitative estimate of drug-likeness (QED) is 0.874. The van der Waals surface area contributed by atoms with Crippen LogP contribution >= 0.6 is 0 Å². The summed E-state index contributed by atoms with van der Waals surface area (Å²) in [7, 11) is 0. The molecule has 2 atom stereocenters. The van der Waals surface area contributed by atoms with Crippen LogP contribution in [0.15, 0.2) is 24.3 Å². The normalized spacial score (nSPS) is 24.1. The number of rotatable bonds is 3. The van der Waals surface area contributed by atoms with Crippen molar-refractivity contribution in [2.24, 2.45) is 5.92 Å². The Morgan fingerprint density at radius 1 is 1.20 bits per heavy atom. The molecule has 0 aromatic heterocycles. The number of hydrogen-bond acceptors (Lipinski definition) is 1. The minimum Gasteiger partial charge on any atom is -0.313 e. The molecule has 0 saturated carbocycles. The monoisotopic (exact) mass is 285 g/mol. The molecule has 1 saturated heterocycles. The summed E-state index contributed by atoms with van der Waals surface area (Å²) in [6.45, 7) is 4.90. The molecule has 112 valence electrons. The second-order valence-electron chi connectivity index (χ2n) is 5.95. The fourth-order valence-corrected chi connectivity index (χ4v) is 2.85. The highest BCUT2D eigenvalue weighted by molar-refractivity contribution is 5.25. The van der Waals surface area contributed by atoms with Crippen LogP contribution in [0.2, 0.25) is 0 Å². The van der Waals surface area contributed by atoms with Crippen molar-refractivity contribution in [2.75, 3.05) is 6.54 Å². The summed E-state index contributed by atoms with van der Waals surface area (Å²) >= 11 is 0. The molecule has 4 heteroatoms. The fraction of sp³-hybridized carbons (Fsp3) is 0.625. The lowest BCUT2D eigenvalue weighted by Crippen LogP contribution is -2.48. The first-order valence-corrected chi connectivity index (χ1v) is 7.27. The maximum Gasteiger partial charge on any atom is 0.393 e. The van der Waals surface area contributed by atoms with E-state index in [4.69, 9.17) is 0 Å². The summed E-state index contributed by atoms with van der Waals surface area (Å²) in [5.41, 5.74) is 2.20. The van der Waals surface area contributed by atoms with Crippen molar-refractivity contribution >= 4 is 0 Å². The molecule has 2 rings (SSSR count). The standard InChI is InChI=1S/C16H22F3N/c1-11(2)13-7-5-12(6-8-13)10-15-14(16(17,18)19)4-3-9-20-15/h5-8,11,14-15,20H,3-4,9-10H2,1-2H3. The lowest BCUT2D eigenvalue weighted by atomic mass is 9.86. The minimum absolute atomic E-state index is 0.241. The van der Waals surface area contributed by atoms with Gasteiger partial charge in [0.2, 0.25) is 0 Å². The zero-order chi connectivity index (χ0) is 14.8. The molecular weight excluding hydrogens is 263 g/mol. The SMILES string of the molecule is CC(C)c1ccc(CC2NCCCC2C(F)(F)F)cc1. The molecule has 0 spiro atoms. The van der Waals surface area contributed by atoms with Crippen LogP contribution in [0.4, 0.5) is 13.2 Å². The lowest BCUT2D eigenvalue weighted by molar-refractivity contribution is -0.188. The van der Waals surface area contributed by atoms with E-state index in [0.29, 0.717) is 25.3 Å². The molecule has 1 heterocycles. The van der Waals surface area contributed by atoms with Gasteiger partial charge in [-0.1, -0.05) is 38.1 Å². The molecule has 1 aliphatic rings. The van der Waals surface area contributed by atoms with Crippen molar-refractivity contribution in [3.05, 3.63) is 35.4 Å². The number of benzene rings is 1. The van der Waals surface area contributed by atoms with E-state index in [1.54, 1.807) is 0 Å². The van der Waals surface area contributed by atoms with E-state index in [-0.39, 0.29) is 6.42 Å². The van der Waals surface area contributed by atoms with Gasteiger partial charge in [0.25, 0.3) is 0 Å². The third-order valence-electron chi connectivity index (χ3n) is 4.11. The first-order valence-electron chi connectivity index (χ1n) is 7.27. The Labute approximate surface area is 118 Å². The van der Waals surface area contributed by atoms with Crippen LogP contribution in [0, 0.1) is 5.92 Å². The molecule has 0 aliphatic carbocycles. The third kappa shape index (κ3) is 3.75. The van der Waals surface area contributed by atoms with Crippen LogP contribution in [0.5, 0.6) is 0 Å². The Morgan fingerprint density at radius 3 is 2.40 bits per heavy atom. The maximum absolute atomic E-state index is 13.0. The first-order chi connectivity index (χ1) is 9.38. The molecule has 1 N–H and O–H groups in total. The van der Waals surface area contributed by atoms with E-state index in [0.717, 1.165) is 5.56 Å². The van der Waals surface area contributed by atoms with Gasteiger partial charge < -0.3 is 5.32 Å². The number of halogens is 3. The van der Waals surface area contributed by atoms with Crippen LogP contribution in [-0.4, -0.2) is 18.8 Å².